The van der Waals surface area contributed by atoms with Gasteiger partial charge in [0.05, 0.1) is 17.9 Å². The van der Waals surface area contributed by atoms with Gasteiger partial charge in [0, 0.05) is 19.0 Å². The molecule has 1 aliphatic heterocycles. The number of anilines is 2. The van der Waals surface area contributed by atoms with Crippen LogP contribution < -0.4 is 15.0 Å². The third-order valence-corrected chi connectivity index (χ3v) is 4.61. The van der Waals surface area contributed by atoms with Gasteiger partial charge in [-0.2, -0.15) is 8.78 Å². The van der Waals surface area contributed by atoms with Gasteiger partial charge in [-0.1, -0.05) is 24.3 Å². The van der Waals surface area contributed by atoms with Crippen molar-refractivity contribution in [3.8, 4) is 5.75 Å². The predicted molar refractivity (Wildman–Crippen MR) is 106 cm³/mol. The predicted octanol–water partition coefficient (Wildman–Crippen LogP) is 3.48. The van der Waals surface area contributed by atoms with Crippen LogP contribution in [0.1, 0.15) is 18.9 Å². The lowest BCUT2D eigenvalue weighted by Gasteiger charge is -2.29. The van der Waals surface area contributed by atoms with Crippen molar-refractivity contribution < 1.29 is 23.1 Å². The van der Waals surface area contributed by atoms with Gasteiger partial charge in [-0.25, -0.2) is 0 Å². The quantitative estimate of drug-likeness (QED) is 0.802. The largest absolute Gasteiger partial charge is 0.435 e. The highest BCUT2D eigenvalue weighted by molar-refractivity contribution is 6.04. The summed E-state index contributed by atoms with van der Waals surface area (Å²) < 4.78 is 29.2. The highest BCUT2D eigenvalue weighted by Crippen LogP contribution is 2.31. The Balaban J connectivity index is 1.71. The van der Waals surface area contributed by atoms with Crippen molar-refractivity contribution in [3.05, 3.63) is 54.1 Å². The Bertz CT molecular complexity index is 891. The van der Waals surface area contributed by atoms with Crippen LogP contribution in [0.2, 0.25) is 0 Å². The van der Waals surface area contributed by atoms with E-state index in [0.29, 0.717) is 17.9 Å². The Morgan fingerprint density at radius 1 is 1.28 bits per heavy atom. The zero-order valence-corrected chi connectivity index (χ0v) is 16.3. The van der Waals surface area contributed by atoms with Crippen LogP contribution >= 0.6 is 0 Å². The molecule has 2 amide bonds. The summed E-state index contributed by atoms with van der Waals surface area (Å²) in [5.41, 5.74) is 2.02. The molecule has 0 fully saturated rings. The number of rotatable bonds is 6. The van der Waals surface area contributed by atoms with Crippen LogP contribution in [0, 0.1) is 0 Å². The van der Waals surface area contributed by atoms with E-state index >= 15 is 0 Å². The molecule has 1 atom stereocenters. The van der Waals surface area contributed by atoms with Gasteiger partial charge in [-0.3, -0.25) is 14.5 Å². The van der Waals surface area contributed by atoms with Gasteiger partial charge in [0.25, 0.3) is 0 Å². The Morgan fingerprint density at radius 3 is 2.79 bits per heavy atom. The number of carbonyl (C=O) groups is 2. The second kappa shape index (κ2) is 9.00. The minimum absolute atomic E-state index is 0.0804. The molecule has 8 heteroatoms. The lowest BCUT2D eigenvalue weighted by molar-refractivity contribution is -0.120. The van der Waals surface area contributed by atoms with Crippen LogP contribution in [0.25, 0.3) is 0 Å². The van der Waals surface area contributed by atoms with Gasteiger partial charge < -0.3 is 15.0 Å². The standard InChI is InChI=1S/C21H23F2N3O3/c1-14-10-19(27)24-17-8-3-4-9-18(17)26(14)20(28)13-25(2)12-15-6-5-7-16(11-15)29-21(22)23/h3-9,11,14,21H,10,12-13H2,1-2H3,(H,24,27). The number of amides is 2. The fourth-order valence-electron chi connectivity index (χ4n) is 3.46. The van der Waals surface area contributed by atoms with Crippen molar-refractivity contribution in [1.82, 2.24) is 4.90 Å². The monoisotopic (exact) mass is 403 g/mol. The van der Waals surface area contributed by atoms with E-state index < -0.39 is 6.61 Å². The molecule has 0 aromatic heterocycles. The molecule has 2 aromatic rings. The van der Waals surface area contributed by atoms with Gasteiger partial charge in [-0.05, 0) is 43.8 Å². The molecule has 0 saturated carbocycles. The second-order valence-corrected chi connectivity index (χ2v) is 7.08. The fraction of sp³-hybridized carbons (Fsp3) is 0.333. The van der Waals surface area contributed by atoms with Crippen molar-refractivity contribution in [1.29, 1.82) is 0 Å². The van der Waals surface area contributed by atoms with Crippen LogP contribution in [0.15, 0.2) is 48.5 Å². The lowest BCUT2D eigenvalue weighted by atomic mass is 10.1. The molecule has 1 aliphatic rings. The van der Waals surface area contributed by atoms with Gasteiger partial charge in [-0.15, -0.1) is 0 Å². The number of halogens is 2. The SMILES string of the molecule is CC1CC(=O)Nc2ccccc2N1C(=O)CN(C)Cc1cccc(OC(F)F)c1. The smallest absolute Gasteiger partial charge is 0.387 e. The third-order valence-electron chi connectivity index (χ3n) is 4.61. The highest BCUT2D eigenvalue weighted by Gasteiger charge is 2.29. The molecular formula is C21H23F2N3O3. The zero-order valence-electron chi connectivity index (χ0n) is 16.3. The molecule has 29 heavy (non-hydrogen) atoms. The van der Waals surface area contributed by atoms with E-state index in [1.54, 1.807) is 47.2 Å². The van der Waals surface area contributed by atoms with Gasteiger partial charge in [0.15, 0.2) is 0 Å². The number of fused-ring (bicyclic) bond motifs is 1. The zero-order chi connectivity index (χ0) is 21.0. The molecule has 3 rings (SSSR count). The summed E-state index contributed by atoms with van der Waals surface area (Å²) in [5.74, 6) is -0.203. The van der Waals surface area contributed by atoms with E-state index in [4.69, 9.17) is 0 Å². The number of ether oxygens (including phenoxy) is 1. The number of benzene rings is 2. The maximum atomic E-state index is 13.1. The van der Waals surface area contributed by atoms with Crippen molar-refractivity contribution in [2.45, 2.75) is 32.5 Å². The molecule has 2 aromatic carbocycles. The molecule has 0 aliphatic carbocycles. The maximum Gasteiger partial charge on any atom is 0.387 e. The number of para-hydroxylation sites is 2. The van der Waals surface area contributed by atoms with Crippen LogP contribution in [0.4, 0.5) is 20.2 Å². The number of carbonyl (C=O) groups excluding carboxylic acids is 2. The maximum absolute atomic E-state index is 13.1. The molecule has 0 saturated heterocycles. The summed E-state index contributed by atoms with van der Waals surface area (Å²) in [6, 6.07) is 13.3. The second-order valence-electron chi connectivity index (χ2n) is 7.08. The summed E-state index contributed by atoms with van der Waals surface area (Å²) in [6.07, 6.45) is 0.206. The van der Waals surface area contributed by atoms with Crippen LogP contribution in [0.3, 0.4) is 0 Å². The average molecular weight is 403 g/mol. The minimum Gasteiger partial charge on any atom is -0.435 e. The minimum atomic E-state index is -2.88. The molecule has 0 spiro atoms. The molecule has 1 heterocycles. The summed E-state index contributed by atoms with van der Waals surface area (Å²) in [5, 5.41) is 2.83. The Kier molecular flexibility index (Phi) is 6.43. The first-order chi connectivity index (χ1) is 13.8. The van der Waals surface area contributed by atoms with Gasteiger partial charge >= 0.3 is 6.61 Å². The Morgan fingerprint density at radius 2 is 2.03 bits per heavy atom. The molecule has 154 valence electrons. The van der Waals surface area contributed by atoms with E-state index in [1.165, 1.54) is 12.1 Å². The van der Waals surface area contributed by atoms with E-state index in [-0.39, 0.29) is 36.6 Å². The molecule has 1 unspecified atom stereocenters. The first kappa shape index (κ1) is 20.7. The van der Waals surface area contributed by atoms with Crippen molar-refractivity contribution in [2.24, 2.45) is 0 Å². The van der Waals surface area contributed by atoms with Crippen LogP contribution in [-0.2, 0) is 16.1 Å². The summed E-state index contributed by atoms with van der Waals surface area (Å²) >= 11 is 0. The summed E-state index contributed by atoms with van der Waals surface area (Å²) in [6.45, 7) is -0.560. The molecule has 1 N–H and O–H groups in total. The Labute approximate surface area is 168 Å². The molecule has 0 radical (unpaired) electrons. The van der Waals surface area contributed by atoms with Crippen molar-refractivity contribution >= 4 is 23.2 Å². The highest BCUT2D eigenvalue weighted by atomic mass is 19.3. The van der Waals surface area contributed by atoms with E-state index in [2.05, 4.69) is 10.1 Å². The number of nitrogens with zero attached hydrogens (tertiary/aromatic N) is 2. The van der Waals surface area contributed by atoms with Crippen molar-refractivity contribution in [3.63, 3.8) is 0 Å². The van der Waals surface area contributed by atoms with E-state index in [9.17, 15) is 18.4 Å². The van der Waals surface area contributed by atoms with Gasteiger partial charge in [0.1, 0.15) is 5.75 Å². The molecule has 6 nitrogen and oxygen atoms in total. The number of alkyl halides is 2. The first-order valence-electron chi connectivity index (χ1n) is 9.26. The van der Waals surface area contributed by atoms with E-state index in [1.807, 2.05) is 13.0 Å². The first-order valence-corrected chi connectivity index (χ1v) is 9.26. The number of hydrogen-bond acceptors (Lipinski definition) is 4. The lowest BCUT2D eigenvalue weighted by Crippen LogP contribution is -2.44. The number of nitrogens with one attached hydrogen (secondary N) is 1. The summed E-state index contributed by atoms with van der Waals surface area (Å²) in [7, 11) is 1.77. The van der Waals surface area contributed by atoms with Crippen LogP contribution in [-0.4, -0.2) is 43.0 Å². The number of likely N-dealkylation sites (N-methyl/N-ethyl adjacent to an activating group) is 1. The summed E-state index contributed by atoms with van der Waals surface area (Å²) in [4.78, 5) is 28.6. The van der Waals surface area contributed by atoms with E-state index in [0.717, 1.165) is 5.56 Å². The van der Waals surface area contributed by atoms with Gasteiger partial charge in [0.2, 0.25) is 11.8 Å². The molecular weight excluding hydrogens is 380 g/mol. The Hall–Kier alpha value is -3.00. The van der Waals surface area contributed by atoms with Crippen LogP contribution in [0.5, 0.6) is 5.75 Å². The number of hydrogen-bond donors (Lipinski definition) is 1. The fourth-order valence-corrected chi connectivity index (χ4v) is 3.46. The average Bonchev–Trinajstić information content (AvgIpc) is 2.75. The normalized spacial score (nSPS) is 16.4. The van der Waals surface area contributed by atoms with Crippen molar-refractivity contribution in [2.75, 3.05) is 23.8 Å². The molecule has 0 bridgehead atoms. The third kappa shape index (κ3) is 5.29. The topological polar surface area (TPSA) is 61.9 Å².